The second-order valence-electron chi connectivity index (χ2n) is 9.81. The van der Waals surface area contributed by atoms with E-state index in [1.807, 2.05) is 25.4 Å². The lowest BCUT2D eigenvalue weighted by atomic mass is 9.44. The molecule has 5 nitrogen and oxygen atoms in total. The number of pyridine rings is 1. The molecule has 3 aliphatic rings. The third-order valence-electron chi connectivity index (χ3n) is 7.82. The van der Waals surface area contributed by atoms with Gasteiger partial charge in [0.15, 0.2) is 15.7 Å². The maximum absolute atomic E-state index is 6.24. The highest BCUT2D eigenvalue weighted by molar-refractivity contribution is 6.41. The Kier molecular flexibility index (Phi) is 4.34. The molecule has 0 saturated heterocycles. The lowest BCUT2D eigenvalue weighted by molar-refractivity contribution is -0.0559. The van der Waals surface area contributed by atoms with Crippen LogP contribution in [0.25, 0.3) is 11.3 Å². The van der Waals surface area contributed by atoms with Gasteiger partial charge in [-0.25, -0.2) is 4.99 Å². The highest BCUT2D eigenvalue weighted by atomic mass is 16.5. The Hall–Kier alpha value is -2.27. The molecule has 1 aromatic carbocycles. The highest BCUT2D eigenvalue weighted by Gasteiger charge is 2.68. The minimum absolute atomic E-state index is 0.0306. The summed E-state index contributed by atoms with van der Waals surface area (Å²) in [6.45, 7) is 2.31. The van der Waals surface area contributed by atoms with E-state index in [1.54, 1.807) is 0 Å². The summed E-state index contributed by atoms with van der Waals surface area (Å²) in [5.41, 5.74) is 10.4. The van der Waals surface area contributed by atoms with Crippen LogP contribution in [-0.2, 0) is 21.4 Å². The summed E-state index contributed by atoms with van der Waals surface area (Å²) in [5.74, 6) is 0.457. The Morgan fingerprint density at radius 1 is 1.23 bits per heavy atom. The van der Waals surface area contributed by atoms with Crippen molar-refractivity contribution in [2.24, 2.45) is 22.1 Å². The number of benzene rings is 1. The van der Waals surface area contributed by atoms with Gasteiger partial charge in [-0.15, -0.1) is 0 Å². The Labute approximate surface area is 180 Å². The van der Waals surface area contributed by atoms with E-state index in [0.717, 1.165) is 36.9 Å². The fourth-order valence-electron chi connectivity index (χ4n) is 6.73. The molecule has 2 N–H and O–H groups in total. The van der Waals surface area contributed by atoms with Crippen LogP contribution in [0.1, 0.15) is 37.3 Å². The molecule has 154 valence electrons. The van der Waals surface area contributed by atoms with Gasteiger partial charge >= 0.3 is 0 Å². The number of fused-ring (bicyclic) bond motifs is 3. The Balaban J connectivity index is 1.70. The standard InChI is InChI=1S/C23H29B2N3O2/c1-14-12-21(9-8-19(14)29-2)13-16-7-6-15(18-5-3-4-10-27-18)11-17(16)22(21)23(24,25)30-20(26)28-22/h3-7,10-11,14,19H,8-9,12-13,24-25H2,1-2H3,(H2,26,28)/t14-,19-,21-,22-/m0/s1. The number of hydrogen-bond donors (Lipinski definition) is 1. The first-order valence-electron chi connectivity index (χ1n) is 10.9. The van der Waals surface area contributed by atoms with E-state index >= 15 is 0 Å². The molecule has 2 aliphatic carbocycles. The van der Waals surface area contributed by atoms with E-state index in [2.05, 4.69) is 51.9 Å². The van der Waals surface area contributed by atoms with Crippen molar-refractivity contribution >= 4 is 21.7 Å². The van der Waals surface area contributed by atoms with E-state index in [4.69, 9.17) is 20.2 Å². The first kappa shape index (κ1) is 19.7. The molecule has 30 heavy (non-hydrogen) atoms. The molecular formula is C23H29B2N3O2. The molecule has 7 heteroatoms. The number of ether oxygens (including phenoxy) is 2. The lowest BCUT2D eigenvalue weighted by Gasteiger charge is -2.53. The number of aromatic nitrogens is 1. The van der Waals surface area contributed by atoms with Gasteiger partial charge in [-0.05, 0) is 60.9 Å². The normalized spacial score (nSPS) is 34.0. The maximum Gasteiger partial charge on any atom is 0.282 e. The van der Waals surface area contributed by atoms with E-state index in [1.165, 1.54) is 11.1 Å². The van der Waals surface area contributed by atoms with Crippen LogP contribution in [0, 0.1) is 11.3 Å². The number of nitrogens with two attached hydrogens (primary N) is 1. The van der Waals surface area contributed by atoms with Crippen molar-refractivity contribution in [2.45, 2.75) is 49.6 Å². The van der Waals surface area contributed by atoms with Crippen molar-refractivity contribution in [1.82, 2.24) is 4.98 Å². The van der Waals surface area contributed by atoms with Crippen molar-refractivity contribution in [3.8, 4) is 11.3 Å². The second kappa shape index (κ2) is 6.61. The monoisotopic (exact) mass is 401 g/mol. The third kappa shape index (κ3) is 2.54. The molecule has 0 unspecified atom stereocenters. The summed E-state index contributed by atoms with van der Waals surface area (Å²) in [6, 6.07) is 13.1. The van der Waals surface area contributed by atoms with Crippen LogP contribution in [-0.4, -0.2) is 45.3 Å². The average molecular weight is 401 g/mol. The summed E-state index contributed by atoms with van der Waals surface area (Å²) in [7, 11) is 6.12. The summed E-state index contributed by atoms with van der Waals surface area (Å²) >= 11 is 0. The molecule has 2 spiro atoms. The maximum atomic E-state index is 6.24. The summed E-state index contributed by atoms with van der Waals surface area (Å²) in [6.07, 6.45) is 6.26. The fraction of sp³-hybridized carbons (Fsp3) is 0.478. The topological polar surface area (TPSA) is 69.7 Å². The molecule has 4 atom stereocenters. The van der Waals surface area contributed by atoms with Gasteiger partial charge in [0.2, 0.25) is 0 Å². The van der Waals surface area contributed by atoms with Crippen molar-refractivity contribution in [1.29, 1.82) is 0 Å². The predicted octanol–water partition coefficient (Wildman–Crippen LogP) is 1.59. The molecule has 2 heterocycles. The van der Waals surface area contributed by atoms with Gasteiger partial charge < -0.3 is 15.2 Å². The molecular weight excluding hydrogens is 372 g/mol. The van der Waals surface area contributed by atoms with Crippen molar-refractivity contribution in [3.63, 3.8) is 0 Å². The molecule has 0 bridgehead atoms. The van der Waals surface area contributed by atoms with E-state index in [0.29, 0.717) is 18.0 Å². The van der Waals surface area contributed by atoms with Gasteiger partial charge in [-0.2, -0.15) is 0 Å². The van der Waals surface area contributed by atoms with Gasteiger partial charge in [0.25, 0.3) is 6.02 Å². The van der Waals surface area contributed by atoms with Gasteiger partial charge in [-0.3, -0.25) is 4.98 Å². The SMILES string of the molecule is BC1(B)OC(N)=N[C@]12c1cc(-c3ccccn3)ccc1C[C@@]21CC[C@H](OC)[C@@H](C)C1. The van der Waals surface area contributed by atoms with Gasteiger partial charge in [0.1, 0.15) is 5.54 Å². The first-order valence-corrected chi connectivity index (χ1v) is 10.9. The summed E-state index contributed by atoms with van der Waals surface area (Å²) in [4.78, 5) is 9.69. The molecule has 0 amide bonds. The van der Waals surface area contributed by atoms with E-state index in [9.17, 15) is 0 Å². The van der Waals surface area contributed by atoms with Crippen LogP contribution < -0.4 is 5.73 Å². The van der Waals surface area contributed by atoms with Crippen LogP contribution in [0.15, 0.2) is 47.6 Å². The zero-order valence-corrected chi connectivity index (χ0v) is 18.3. The lowest BCUT2D eigenvalue weighted by Crippen LogP contribution is -2.60. The molecule has 1 aliphatic heterocycles. The van der Waals surface area contributed by atoms with E-state index in [-0.39, 0.29) is 5.41 Å². The van der Waals surface area contributed by atoms with Crippen LogP contribution in [0.4, 0.5) is 0 Å². The average Bonchev–Trinajstić information content (AvgIpc) is 3.13. The highest BCUT2D eigenvalue weighted by Crippen LogP contribution is 2.65. The van der Waals surface area contributed by atoms with Gasteiger partial charge in [-0.1, -0.05) is 25.1 Å². The Bertz CT molecular complexity index is 1010. The van der Waals surface area contributed by atoms with Crippen LogP contribution in [0.2, 0.25) is 0 Å². The minimum Gasteiger partial charge on any atom is -0.475 e. The third-order valence-corrected chi connectivity index (χ3v) is 7.82. The molecule has 0 radical (unpaired) electrons. The Morgan fingerprint density at radius 2 is 2.07 bits per heavy atom. The van der Waals surface area contributed by atoms with Crippen LogP contribution in [0.3, 0.4) is 0 Å². The van der Waals surface area contributed by atoms with Gasteiger partial charge in [0, 0.05) is 24.3 Å². The van der Waals surface area contributed by atoms with Crippen molar-refractivity contribution < 1.29 is 9.47 Å². The zero-order valence-electron chi connectivity index (χ0n) is 18.3. The van der Waals surface area contributed by atoms with Crippen LogP contribution in [0.5, 0.6) is 0 Å². The predicted molar refractivity (Wildman–Crippen MR) is 124 cm³/mol. The summed E-state index contributed by atoms with van der Waals surface area (Å²) in [5, 5.41) is -0.523. The smallest absolute Gasteiger partial charge is 0.282 e. The number of aliphatic imine (C=N–C) groups is 1. The van der Waals surface area contributed by atoms with Gasteiger partial charge in [0.05, 0.1) is 17.2 Å². The number of amidine groups is 1. The molecule has 5 rings (SSSR count). The van der Waals surface area contributed by atoms with Crippen molar-refractivity contribution in [2.75, 3.05) is 7.11 Å². The zero-order chi connectivity index (χ0) is 21.1. The molecule has 1 saturated carbocycles. The van der Waals surface area contributed by atoms with Crippen molar-refractivity contribution in [3.05, 3.63) is 53.7 Å². The number of rotatable bonds is 2. The number of nitrogens with zero attached hydrogens (tertiary/aromatic N) is 2. The second-order valence-corrected chi connectivity index (χ2v) is 9.81. The number of hydrogen-bond acceptors (Lipinski definition) is 5. The molecule has 1 fully saturated rings. The minimum atomic E-state index is -0.523. The quantitative estimate of drug-likeness (QED) is 0.777. The number of methoxy groups -OCH3 is 1. The fourth-order valence-corrected chi connectivity index (χ4v) is 6.73. The molecule has 2 aromatic rings. The summed E-state index contributed by atoms with van der Waals surface area (Å²) < 4.78 is 12.0. The van der Waals surface area contributed by atoms with E-state index < -0.39 is 10.9 Å². The largest absolute Gasteiger partial charge is 0.475 e. The van der Waals surface area contributed by atoms with Crippen LogP contribution >= 0.6 is 0 Å². The Morgan fingerprint density at radius 3 is 2.70 bits per heavy atom. The molecule has 1 aromatic heterocycles. The first-order chi connectivity index (χ1) is 14.3.